The normalized spacial score (nSPS) is 21.7. The summed E-state index contributed by atoms with van der Waals surface area (Å²) in [4.78, 5) is 26.8. The molecule has 2 unspecified atom stereocenters. The van der Waals surface area contributed by atoms with E-state index in [0.717, 1.165) is 28.8 Å². The fourth-order valence-corrected chi connectivity index (χ4v) is 4.94. The van der Waals surface area contributed by atoms with E-state index in [1.54, 1.807) is 17.0 Å². The number of hydrogen-bond acceptors (Lipinski definition) is 2. The van der Waals surface area contributed by atoms with Crippen molar-refractivity contribution in [3.63, 3.8) is 0 Å². The van der Waals surface area contributed by atoms with Gasteiger partial charge in [-0.2, -0.15) is 0 Å². The van der Waals surface area contributed by atoms with Crippen LogP contribution in [0.3, 0.4) is 0 Å². The second-order valence-electron chi connectivity index (χ2n) is 7.81. The summed E-state index contributed by atoms with van der Waals surface area (Å²) in [7, 11) is 0. The van der Waals surface area contributed by atoms with Crippen LogP contribution in [-0.4, -0.2) is 17.0 Å². The van der Waals surface area contributed by atoms with Crippen LogP contribution in [0.4, 0.5) is 5.69 Å². The Morgan fingerprint density at radius 2 is 1.80 bits per heavy atom. The molecule has 0 aromatic heterocycles. The zero-order valence-corrected chi connectivity index (χ0v) is 17.3. The largest absolute Gasteiger partial charge is 0.478 e. The van der Waals surface area contributed by atoms with Crippen LogP contribution >= 0.6 is 23.2 Å². The van der Waals surface area contributed by atoms with Crippen LogP contribution in [0, 0.1) is 0 Å². The van der Waals surface area contributed by atoms with Gasteiger partial charge >= 0.3 is 5.97 Å². The van der Waals surface area contributed by atoms with Gasteiger partial charge in [-0.25, -0.2) is 4.79 Å². The van der Waals surface area contributed by atoms with Gasteiger partial charge in [0.15, 0.2) is 0 Å². The number of halogens is 2. The van der Waals surface area contributed by atoms with E-state index in [-0.39, 0.29) is 22.4 Å². The SMILES string of the molecule is O=C(O)c1cc(CN2C(=O)C3(CC3c3ccc(Cl)cc3)c3ccccc32)ccc1Cl. The van der Waals surface area contributed by atoms with Gasteiger partial charge in [-0.15, -0.1) is 0 Å². The Labute approximate surface area is 183 Å². The fourth-order valence-electron chi connectivity index (χ4n) is 4.62. The number of hydrogen-bond donors (Lipinski definition) is 1. The third-order valence-electron chi connectivity index (χ3n) is 6.14. The number of amides is 1. The van der Waals surface area contributed by atoms with Crippen molar-refractivity contribution >= 4 is 40.8 Å². The maximum Gasteiger partial charge on any atom is 0.337 e. The topological polar surface area (TPSA) is 57.6 Å². The molecule has 1 spiro atoms. The van der Waals surface area contributed by atoms with Crippen molar-refractivity contribution in [1.29, 1.82) is 0 Å². The number of anilines is 1. The van der Waals surface area contributed by atoms with E-state index >= 15 is 0 Å². The molecule has 2 aliphatic rings. The quantitative estimate of drug-likeness (QED) is 0.572. The lowest BCUT2D eigenvalue weighted by Gasteiger charge is -2.19. The highest BCUT2D eigenvalue weighted by Gasteiger charge is 2.67. The standard InChI is InChI=1S/C24H17Cl2NO3/c25-16-8-6-15(7-9-16)19-12-24(19)18-3-1-2-4-21(18)27(23(24)30)13-14-5-10-20(26)17(11-14)22(28)29/h1-11,19H,12-13H2,(H,28,29). The number of para-hydroxylation sites is 1. The van der Waals surface area contributed by atoms with Crippen LogP contribution in [0.25, 0.3) is 0 Å². The number of carbonyl (C=O) groups excluding carboxylic acids is 1. The van der Waals surface area contributed by atoms with Crippen molar-refractivity contribution < 1.29 is 14.7 Å². The van der Waals surface area contributed by atoms with E-state index < -0.39 is 11.4 Å². The summed E-state index contributed by atoms with van der Waals surface area (Å²) >= 11 is 12.0. The summed E-state index contributed by atoms with van der Waals surface area (Å²) in [5.74, 6) is -0.930. The first-order chi connectivity index (χ1) is 14.4. The zero-order valence-electron chi connectivity index (χ0n) is 15.8. The monoisotopic (exact) mass is 437 g/mol. The number of carboxylic acids is 1. The molecule has 1 N–H and O–H groups in total. The van der Waals surface area contributed by atoms with Crippen molar-refractivity contribution in [1.82, 2.24) is 0 Å². The van der Waals surface area contributed by atoms with Crippen LogP contribution in [0.5, 0.6) is 0 Å². The smallest absolute Gasteiger partial charge is 0.337 e. The molecule has 1 saturated carbocycles. The van der Waals surface area contributed by atoms with Gasteiger partial charge in [-0.05, 0) is 53.4 Å². The number of carbonyl (C=O) groups is 2. The van der Waals surface area contributed by atoms with E-state index in [1.165, 1.54) is 6.07 Å². The molecule has 6 heteroatoms. The van der Waals surface area contributed by atoms with Gasteiger partial charge in [0.2, 0.25) is 5.91 Å². The molecule has 150 valence electrons. The third kappa shape index (κ3) is 2.83. The molecule has 1 aliphatic heterocycles. The van der Waals surface area contributed by atoms with Gasteiger partial charge in [0.25, 0.3) is 0 Å². The van der Waals surface area contributed by atoms with E-state index in [9.17, 15) is 14.7 Å². The Balaban J connectivity index is 1.52. The number of carboxylic acid groups (broad SMARTS) is 1. The van der Waals surface area contributed by atoms with Gasteiger partial charge in [0.05, 0.1) is 22.5 Å². The molecule has 5 rings (SSSR count). The Bertz CT molecular complexity index is 1190. The molecule has 0 radical (unpaired) electrons. The first-order valence-electron chi connectivity index (χ1n) is 9.60. The van der Waals surface area contributed by atoms with Crippen LogP contribution in [0.1, 0.15) is 39.4 Å². The molecule has 0 bridgehead atoms. The third-order valence-corrected chi connectivity index (χ3v) is 6.72. The minimum absolute atomic E-state index is 0.0364. The van der Waals surface area contributed by atoms with Crippen molar-refractivity contribution in [3.05, 3.63) is 99.0 Å². The maximum atomic E-state index is 13.6. The van der Waals surface area contributed by atoms with Gasteiger partial charge in [0.1, 0.15) is 0 Å². The van der Waals surface area contributed by atoms with Gasteiger partial charge in [-0.1, -0.05) is 59.6 Å². The van der Waals surface area contributed by atoms with E-state index in [4.69, 9.17) is 23.2 Å². The number of aromatic carboxylic acids is 1. The minimum Gasteiger partial charge on any atom is -0.478 e. The molecule has 3 aromatic carbocycles. The Morgan fingerprint density at radius 3 is 2.53 bits per heavy atom. The Morgan fingerprint density at radius 1 is 1.07 bits per heavy atom. The zero-order chi connectivity index (χ0) is 21.0. The highest BCUT2D eigenvalue weighted by atomic mass is 35.5. The van der Waals surface area contributed by atoms with Crippen LogP contribution in [0.2, 0.25) is 10.0 Å². The lowest BCUT2D eigenvalue weighted by molar-refractivity contribution is -0.120. The molecule has 3 aromatic rings. The highest BCUT2D eigenvalue weighted by Crippen LogP contribution is 2.66. The van der Waals surface area contributed by atoms with Crippen LogP contribution in [0.15, 0.2) is 66.7 Å². The Hall–Kier alpha value is -2.82. The molecular weight excluding hydrogens is 421 g/mol. The fraction of sp³-hybridized carbons (Fsp3) is 0.167. The molecular formula is C24H17Cl2NO3. The molecule has 1 amide bonds. The lowest BCUT2D eigenvalue weighted by Crippen LogP contribution is -2.32. The summed E-state index contributed by atoms with van der Waals surface area (Å²) < 4.78 is 0. The number of rotatable bonds is 4. The minimum atomic E-state index is -1.09. The predicted molar refractivity (Wildman–Crippen MR) is 117 cm³/mol. The van der Waals surface area contributed by atoms with Crippen molar-refractivity contribution in [2.75, 3.05) is 4.90 Å². The predicted octanol–water partition coefficient (Wildman–Crippen LogP) is 5.66. The van der Waals surface area contributed by atoms with E-state index in [1.807, 2.05) is 48.5 Å². The molecule has 1 aliphatic carbocycles. The average Bonchev–Trinajstić information content (AvgIpc) is 3.45. The summed E-state index contributed by atoms with van der Waals surface area (Å²) in [6.45, 7) is 0.294. The first-order valence-corrected chi connectivity index (χ1v) is 10.4. The van der Waals surface area contributed by atoms with Crippen LogP contribution < -0.4 is 4.90 Å². The van der Waals surface area contributed by atoms with Crippen molar-refractivity contribution in [2.24, 2.45) is 0 Å². The van der Waals surface area contributed by atoms with E-state index in [0.29, 0.717) is 11.6 Å². The van der Waals surface area contributed by atoms with Crippen LogP contribution in [-0.2, 0) is 16.8 Å². The second kappa shape index (κ2) is 6.86. The van der Waals surface area contributed by atoms with E-state index in [2.05, 4.69) is 0 Å². The molecule has 1 fully saturated rings. The Kier molecular flexibility index (Phi) is 4.38. The molecule has 2 atom stereocenters. The molecule has 4 nitrogen and oxygen atoms in total. The summed E-state index contributed by atoms with van der Waals surface area (Å²) in [6, 6.07) is 20.4. The lowest BCUT2D eigenvalue weighted by atomic mass is 9.92. The van der Waals surface area contributed by atoms with Crippen molar-refractivity contribution in [3.8, 4) is 0 Å². The van der Waals surface area contributed by atoms with Gasteiger partial charge in [-0.3, -0.25) is 4.79 Å². The summed E-state index contributed by atoms with van der Waals surface area (Å²) in [6.07, 6.45) is 0.752. The summed E-state index contributed by atoms with van der Waals surface area (Å²) in [5, 5.41) is 10.2. The van der Waals surface area contributed by atoms with Gasteiger partial charge in [0, 0.05) is 16.6 Å². The van der Waals surface area contributed by atoms with Gasteiger partial charge < -0.3 is 10.0 Å². The molecule has 1 heterocycles. The number of benzene rings is 3. The summed E-state index contributed by atoms with van der Waals surface area (Å²) in [5.41, 5.74) is 3.21. The second-order valence-corrected chi connectivity index (χ2v) is 8.65. The first kappa shape index (κ1) is 19.2. The maximum absolute atomic E-state index is 13.6. The highest BCUT2D eigenvalue weighted by molar-refractivity contribution is 6.33. The molecule has 0 saturated heterocycles. The average molecular weight is 438 g/mol. The number of nitrogens with zero attached hydrogens (tertiary/aromatic N) is 1. The van der Waals surface area contributed by atoms with Crippen molar-refractivity contribution in [2.45, 2.75) is 24.3 Å². The number of fused-ring (bicyclic) bond motifs is 2. The molecule has 30 heavy (non-hydrogen) atoms.